The van der Waals surface area contributed by atoms with Crippen molar-refractivity contribution in [3.05, 3.63) is 30.5 Å². The summed E-state index contributed by atoms with van der Waals surface area (Å²) in [5.41, 5.74) is 1.97. The summed E-state index contributed by atoms with van der Waals surface area (Å²) in [7, 11) is 0. The van der Waals surface area contributed by atoms with Crippen LogP contribution in [0.1, 0.15) is 26.2 Å². The maximum absolute atomic E-state index is 5.70. The molecule has 0 saturated heterocycles. The maximum Gasteiger partial charge on any atom is 0.119 e. The van der Waals surface area contributed by atoms with Gasteiger partial charge in [0.1, 0.15) is 11.4 Å². The molecule has 5 heteroatoms. The Labute approximate surface area is 124 Å². The Bertz CT molecular complexity index is 510. The van der Waals surface area contributed by atoms with Crippen LogP contribution in [-0.2, 0) is 5.88 Å². The Morgan fingerprint density at radius 1 is 1.20 bits per heavy atom. The second-order valence-electron chi connectivity index (χ2n) is 4.64. The highest BCUT2D eigenvalue weighted by molar-refractivity contribution is 7.97. The maximum atomic E-state index is 5.70. The minimum absolute atomic E-state index is 0.789. The largest absolute Gasteiger partial charge is 0.494 e. The zero-order valence-corrected chi connectivity index (χ0v) is 12.9. The van der Waals surface area contributed by atoms with Crippen LogP contribution in [0.15, 0.2) is 30.5 Å². The van der Waals surface area contributed by atoms with Gasteiger partial charge in [0, 0.05) is 5.56 Å². The highest BCUT2D eigenvalue weighted by Crippen LogP contribution is 2.20. The van der Waals surface area contributed by atoms with Crippen molar-refractivity contribution in [1.82, 2.24) is 15.0 Å². The molecule has 4 nitrogen and oxygen atoms in total. The van der Waals surface area contributed by atoms with Crippen LogP contribution in [-0.4, -0.2) is 27.9 Å². The molecule has 0 aliphatic rings. The van der Waals surface area contributed by atoms with Crippen LogP contribution in [0.25, 0.3) is 11.3 Å². The topological polar surface area (TPSA) is 39.9 Å². The third-order valence-corrected chi connectivity index (χ3v) is 3.49. The van der Waals surface area contributed by atoms with Crippen LogP contribution < -0.4 is 4.74 Å². The van der Waals surface area contributed by atoms with Crippen molar-refractivity contribution in [3.63, 3.8) is 0 Å². The zero-order valence-electron chi connectivity index (χ0n) is 12.1. The molecule has 0 aliphatic carbocycles. The highest BCUT2D eigenvalue weighted by Gasteiger charge is 2.04. The van der Waals surface area contributed by atoms with Crippen molar-refractivity contribution in [1.29, 1.82) is 0 Å². The second-order valence-corrected chi connectivity index (χ2v) is 5.48. The lowest BCUT2D eigenvalue weighted by atomic mass is 10.1. The molecule has 0 unspecified atom stereocenters. The summed E-state index contributed by atoms with van der Waals surface area (Å²) in [5, 5.41) is 8.27. The van der Waals surface area contributed by atoms with E-state index in [0.717, 1.165) is 35.9 Å². The summed E-state index contributed by atoms with van der Waals surface area (Å²) < 4.78 is 7.54. The van der Waals surface area contributed by atoms with E-state index in [1.807, 2.05) is 41.4 Å². The summed E-state index contributed by atoms with van der Waals surface area (Å²) in [6.07, 6.45) is 7.56. The molecular weight excluding hydrogens is 270 g/mol. The van der Waals surface area contributed by atoms with Gasteiger partial charge in [-0.05, 0) is 36.9 Å². The van der Waals surface area contributed by atoms with E-state index in [4.69, 9.17) is 4.74 Å². The van der Waals surface area contributed by atoms with Gasteiger partial charge >= 0.3 is 0 Å². The van der Waals surface area contributed by atoms with E-state index in [1.165, 1.54) is 12.8 Å². The van der Waals surface area contributed by atoms with Crippen LogP contribution in [0.3, 0.4) is 0 Å². The fourth-order valence-electron chi connectivity index (χ4n) is 1.89. The Hall–Kier alpha value is -1.49. The van der Waals surface area contributed by atoms with Gasteiger partial charge < -0.3 is 4.74 Å². The van der Waals surface area contributed by atoms with E-state index in [-0.39, 0.29) is 0 Å². The first-order chi connectivity index (χ1) is 9.83. The number of aromatic nitrogens is 3. The first kappa shape index (κ1) is 14.9. The van der Waals surface area contributed by atoms with Gasteiger partial charge in [-0.2, -0.15) is 0 Å². The molecule has 2 aromatic rings. The molecule has 20 heavy (non-hydrogen) atoms. The van der Waals surface area contributed by atoms with Crippen LogP contribution in [0.5, 0.6) is 5.75 Å². The van der Waals surface area contributed by atoms with Crippen LogP contribution in [0.4, 0.5) is 0 Å². The number of unbranched alkanes of at least 4 members (excludes halogenated alkanes) is 2. The summed E-state index contributed by atoms with van der Waals surface area (Å²) in [4.78, 5) is 0. The van der Waals surface area contributed by atoms with Gasteiger partial charge in [0.15, 0.2) is 0 Å². The Balaban J connectivity index is 1.93. The van der Waals surface area contributed by atoms with E-state index < -0.39 is 0 Å². The van der Waals surface area contributed by atoms with Crippen molar-refractivity contribution in [3.8, 4) is 17.0 Å². The summed E-state index contributed by atoms with van der Waals surface area (Å²) in [5.74, 6) is 1.74. The number of hydrogen-bond donors (Lipinski definition) is 0. The van der Waals surface area contributed by atoms with Gasteiger partial charge in [-0.15, -0.1) is 16.9 Å². The lowest BCUT2D eigenvalue weighted by molar-refractivity contribution is 0.306. The van der Waals surface area contributed by atoms with Gasteiger partial charge in [0.25, 0.3) is 0 Å². The number of nitrogens with zero attached hydrogens (tertiary/aromatic N) is 3. The zero-order chi connectivity index (χ0) is 14.2. The number of hydrogen-bond acceptors (Lipinski definition) is 4. The molecule has 108 valence electrons. The molecule has 0 amide bonds. The quantitative estimate of drug-likeness (QED) is 0.693. The second kappa shape index (κ2) is 7.94. The first-order valence-corrected chi connectivity index (χ1v) is 8.35. The molecular formula is C15H21N3OS. The molecule has 0 fully saturated rings. The number of thioether (sulfide) groups is 1. The van der Waals surface area contributed by atoms with Crippen molar-refractivity contribution in [2.75, 3.05) is 12.9 Å². The van der Waals surface area contributed by atoms with Crippen molar-refractivity contribution >= 4 is 11.8 Å². The smallest absolute Gasteiger partial charge is 0.119 e. The SMILES string of the molecule is CCCCCOc1ccc(-c2cn(CSC)nn2)cc1. The number of rotatable bonds is 8. The molecule has 0 atom stereocenters. The van der Waals surface area contributed by atoms with Crippen molar-refractivity contribution < 1.29 is 4.74 Å². The normalized spacial score (nSPS) is 10.7. The third kappa shape index (κ3) is 4.27. The lowest BCUT2D eigenvalue weighted by Gasteiger charge is -2.05. The third-order valence-electron chi connectivity index (χ3n) is 2.97. The van der Waals surface area contributed by atoms with E-state index in [9.17, 15) is 0 Å². The monoisotopic (exact) mass is 291 g/mol. The highest BCUT2D eigenvalue weighted by atomic mass is 32.2. The minimum atomic E-state index is 0.789. The van der Waals surface area contributed by atoms with E-state index >= 15 is 0 Å². The molecule has 1 aromatic carbocycles. The van der Waals surface area contributed by atoms with E-state index in [1.54, 1.807) is 11.8 Å². The van der Waals surface area contributed by atoms with Crippen molar-refractivity contribution in [2.45, 2.75) is 32.1 Å². The molecule has 0 N–H and O–H groups in total. The van der Waals surface area contributed by atoms with Gasteiger partial charge in [0.05, 0.1) is 18.7 Å². The van der Waals surface area contributed by atoms with Crippen LogP contribution in [0, 0.1) is 0 Å². The van der Waals surface area contributed by atoms with E-state index in [2.05, 4.69) is 17.2 Å². The van der Waals surface area contributed by atoms with Crippen LogP contribution >= 0.6 is 11.8 Å². The van der Waals surface area contributed by atoms with Gasteiger partial charge in [-0.3, -0.25) is 0 Å². The summed E-state index contributed by atoms with van der Waals surface area (Å²) in [6.45, 7) is 2.98. The van der Waals surface area contributed by atoms with Gasteiger partial charge in [0.2, 0.25) is 0 Å². The Morgan fingerprint density at radius 2 is 2.00 bits per heavy atom. The standard InChI is InChI=1S/C15H21N3OS/c1-3-4-5-10-19-14-8-6-13(7-9-14)15-11-18(12-20-2)17-16-15/h6-9,11H,3-5,10,12H2,1-2H3. The molecule has 0 bridgehead atoms. The molecule has 0 radical (unpaired) electrons. The minimum Gasteiger partial charge on any atom is -0.494 e. The predicted molar refractivity (Wildman–Crippen MR) is 84.0 cm³/mol. The molecule has 2 rings (SSSR count). The Kier molecular flexibility index (Phi) is 5.92. The first-order valence-electron chi connectivity index (χ1n) is 6.95. The summed E-state index contributed by atoms with van der Waals surface area (Å²) in [6, 6.07) is 8.05. The van der Waals surface area contributed by atoms with Crippen molar-refractivity contribution in [2.24, 2.45) is 0 Å². The number of benzene rings is 1. The van der Waals surface area contributed by atoms with E-state index in [0.29, 0.717) is 0 Å². The van der Waals surface area contributed by atoms with Gasteiger partial charge in [-0.25, -0.2) is 4.68 Å². The fourth-order valence-corrected chi connectivity index (χ4v) is 2.28. The molecule has 0 saturated carbocycles. The molecule has 0 spiro atoms. The summed E-state index contributed by atoms with van der Waals surface area (Å²) >= 11 is 1.72. The molecule has 0 aliphatic heterocycles. The lowest BCUT2D eigenvalue weighted by Crippen LogP contribution is -1.96. The van der Waals surface area contributed by atoms with Crippen LogP contribution in [0.2, 0.25) is 0 Å². The Morgan fingerprint density at radius 3 is 2.70 bits per heavy atom. The average Bonchev–Trinajstić information content (AvgIpc) is 2.93. The number of ether oxygens (including phenoxy) is 1. The molecule has 1 aromatic heterocycles. The molecule has 1 heterocycles. The predicted octanol–water partition coefficient (Wildman–Crippen LogP) is 3.83. The average molecular weight is 291 g/mol. The van der Waals surface area contributed by atoms with Gasteiger partial charge in [-0.1, -0.05) is 25.0 Å². The fraction of sp³-hybridized carbons (Fsp3) is 0.467.